The third-order valence-electron chi connectivity index (χ3n) is 4.40. The first-order chi connectivity index (χ1) is 13.6. The van der Waals surface area contributed by atoms with E-state index in [-0.39, 0.29) is 0 Å². The van der Waals surface area contributed by atoms with E-state index in [9.17, 15) is 8.42 Å². The molecule has 0 saturated carbocycles. The van der Waals surface area contributed by atoms with Gasteiger partial charge < -0.3 is 10.5 Å². The van der Waals surface area contributed by atoms with Crippen LogP contribution in [0, 0.1) is 0 Å². The number of ether oxygens (including phenoxy) is 1. The van der Waals surface area contributed by atoms with Crippen LogP contribution in [-0.4, -0.2) is 50.7 Å². The number of aliphatic imine (C=N–C) groups is 1. The maximum atomic E-state index is 12.8. The molecule has 2 aromatic carbocycles. The average molecular weight is 420 g/mol. The fourth-order valence-electron chi connectivity index (χ4n) is 2.87. The Kier molecular flexibility index (Phi) is 7.50. The van der Waals surface area contributed by atoms with Gasteiger partial charge in [0, 0.05) is 25.4 Å². The monoisotopic (exact) mass is 419 g/mol. The van der Waals surface area contributed by atoms with Gasteiger partial charge in [-0.15, -0.1) is 0 Å². The Morgan fingerprint density at radius 3 is 2.54 bits per heavy atom. The summed E-state index contributed by atoms with van der Waals surface area (Å²) in [4.78, 5) is 4.71. The molecule has 0 amide bonds. The number of sulfonamides is 1. The first kappa shape index (κ1) is 20.9. The van der Waals surface area contributed by atoms with Crippen LogP contribution in [0.1, 0.15) is 11.1 Å². The largest absolute Gasteiger partial charge is 0.379 e. The van der Waals surface area contributed by atoms with Crippen LogP contribution in [0.5, 0.6) is 0 Å². The third kappa shape index (κ3) is 5.81. The predicted octanol–water partition coefficient (Wildman–Crippen LogP) is 2.50. The van der Waals surface area contributed by atoms with E-state index in [0.29, 0.717) is 48.7 Å². The fourth-order valence-corrected chi connectivity index (χ4v) is 5.03. The van der Waals surface area contributed by atoms with E-state index in [4.69, 9.17) is 10.5 Å². The second kappa shape index (κ2) is 10.1. The molecule has 1 heterocycles. The van der Waals surface area contributed by atoms with E-state index in [1.165, 1.54) is 21.6 Å². The highest BCUT2D eigenvalue weighted by molar-refractivity contribution is 8.13. The van der Waals surface area contributed by atoms with Gasteiger partial charge in [-0.1, -0.05) is 54.2 Å². The van der Waals surface area contributed by atoms with Crippen LogP contribution in [-0.2, 0) is 26.9 Å². The molecule has 8 heteroatoms. The molecule has 0 unspecified atom stereocenters. The third-order valence-corrected chi connectivity index (χ3v) is 7.20. The van der Waals surface area contributed by atoms with Crippen LogP contribution in [0.2, 0.25) is 0 Å². The number of thioether (sulfide) groups is 1. The van der Waals surface area contributed by atoms with E-state index in [1.807, 2.05) is 24.3 Å². The van der Waals surface area contributed by atoms with E-state index in [0.717, 1.165) is 12.0 Å². The first-order valence-electron chi connectivity index (χ1n) is 9.19. The van der Waals surface area contributed by atoms with Crippen molar-refractivity contribution < 1.29 is 13.2 Å². The summed E-state index contributed by atoms with van der Waals surface area (Å²) in [5.74, 6) is 0.577. The molecule has 28 heavy (non-hydrogen) atoms. The number of rotatable bonds is 7. The normalized spacial score (nSPS) is 16.2. The maximum absolute atomic E-state index is 12.8. The van der Waals surface area contributed by atoms with Crippen LogP contribution >= 0.6 is 11.8 Å². The first-order valence-corrected chi connectivity index (χ1v) is 11.6. The molecular formula is C20H25N3O3S2. The van der Waals surface area contributed by atoms with Crippen molar-refractivity contribution in [2.75, 3.05) is 32.8 Å². The molecule has 1 aliphatic heterocycles. The van der Waals surface area contributed by atoms with Crippen molar-refractivity contribution in [2.24, 2.45) is 10.7 Å². The minimum atomic E-state index is -3.49. The van der Waals surface area contributed by atoms with Gasteiger partial charge in [-0.3, -0.25) is 4.99 Å². The van der Waals surface area contributed by atoms with E-state index in [2.05, 4.69) is 17.1 Å². The summed E-state index contributed by atoms with van der Waals surface area (Å²) < 4.78 is 32.3. The molecule has 0 radical (unpaired) electrons. The number of morpholine rings is 1. The van der Waals surface area contributed by atoms with Crippen molar-refractivity contribution in [3.05, 3.63) is 65.7 Å². The summed E-state index contributed by atoms with van der Waals surface area (Å²) >= 11 is 1.42. The predicted molar refractivity (Wildman–Crippen MR) is 114 cm³/mol. The average Bonchev–Trinajstić information content (AvgIpc) is 2.74. The SMILES string of the molecule is NC(=NCCc1ccccc1)SCc1cccc(S(=O)(=O)N2CCOCC2)c1. The van der Waals surface area contributed by atoms with E-state index < -0.39 is 10.0 Å². The number of nitrogens with zero attached hydrogens (tertiary/aromatic N) is 2. The number of hydrogen-bond acceptors (Lipinski definition) is 5. The van der Waals surface area contributed by atoms with Crippen molar-refractivity contribution >= 4 is 27.0 Å². The molecule has 2 aromatic rings. The quantitative estimate of drug-likeness (QED) is 0.551. The second-order valence-electron chi connectivity index (χ2n) is 6.41. The topological polar surface area (TPSA) is 85.0 Å². The summed E-state index contributed by atoms with van der Waals surface area (Å²) in [5.41, 5.74) is 8.13. The Morgan fingerprint density at radius 2 is 1.79 bits per heavy atom. The number of nitrogens with two attached hydrogens (primary N) is 1. The summed E-state index contributed by atoms with van der Waals surface area (Å²) in [6, 6.07) is 17.2. The molecule has 2 N–H and O–H groups in total. The Bertz CT molecular complexity index is 896. The molecule has 150 valence electrons. The zero-order valence-electron chi connectivity index (χ0n) is 15.7. The zero-order valence-corrected chi connectivity index (χ0v) is 17.3. The summed E-state index contributed by atoms with van der Waals surface area (Å²) in [5, 5.41) is 0.511. The number of hydrogen-bond donors (Lipinski definition) is 1. The van der Waals surface area contributed by atoms with Crippen LogP contribution in [0.4, 0.5) is 0 Å². The number of benzene rings is 2. The lowest BCUT2D eigenvalue weighted by atomic mass is 10.2. The Hall–Kier alpha value is -1.87. The summed E-state index contributed by atoms with van der Waals surface area (Å²) in [6.45, 7) is 2.29. The lowest BCUT2D eigenvalue weighted by Gasteiger charge is -2.26. The van der Waals surface area contributed by atoms with Gasteiger partial charge in [0.15, 0.2) is 5.17 Å². The molecule has 0 bridgehead atoms. The molecule has 1 aliphatic rings. The van der Waals surface area contributed by atoms with Gasteiger partial charge in [-0.2, -0.15) is 4.31 Å². The van der Waals surface area contributed by atoms with E-state index >= 15 is 0 Å². The molecule has 0 atom stereocenters. The molecule has 3 rings (SSSR count). The maximum Gasteiger partial charge on any atom is 0.243 e. The number of amidine groups is 1. The molecule has 0 aliphatic carbocycles. The molecule has 1 fully saturated rings. The molecule has 1 saturated heterocycles. The highest BCUT2D eigenvalue weighted by Crippen LogP contribution is 2.21. The lowest BCUT2D eigenvalue weighted by molar-refractivity contribution is 0.0730. The van der Waals surface area contributed by atoms with Crippen LogP contribution in [0.3, 0.4) is 0 Å². The van der Waals surface area contributed by atoms with Crippen LogP contribution < -0.4 is 5.73 Å². The minimum absolute atomic E-state index is 0.312. The Balaban J connectivity index is 1.56. The van der Waals surface area contributed by atoms with Crippen molar-refractivity contribution in [3.8, 4) is 0 Å². The van der Waals surface area contributed by atoms with Gasteiger partial charge in [0.25, 0.3) is 0 Å². The molecule has 0 spiro atoms. The lowest BCUT2D eigenvalue weighted by Crippen LogP contribution is -2.40. The van der Waals surface area contributed by atoms with Gasteiger partial charge in [-0.25, -0.2) is 8.42 Å². The molecule has 0 aromatic heterocycles. The molecule has 6 nitrogen and oxygen atoms in total. The van der Waals surface area contributed by atoms with Crippen molar-refractivity contribution in [1.82, 2.24) is 4.31 Å². The van der Waals surface area contributed by atoms with Gasteiger partial charge in [0.2, 0.25) is 10.0 Å². The molecular weight excluding hydrogens is 394 g/mol. The van der Waals surface area contributed by atoms with E-state index in [1.54, 1.807) is 18.2 Å². The highest BCUT2D eigenvalue weighted by atomic mass is 32.2. The minimum Gasteiger partial charge on any atom is -0.379 e. The van der Waals surface area contributed by atoms with Gasteiger partial charge in [0.05, 0.1) is 18.1 Å². The standard InChI is InChI=1S/C20H25N3O3S2/c21-20(22-10-9-17-5-2-1-3-6-17)27-16-18-7-4-8-19(15-18)28(24,25)23-11-13-26-14-12-23/h1-8,15H,9-14,16H2,(H2,21,22). The van der Waals surface area contributed by atoms with Gasteiger partial charge in [0.1, 0.15) is 0 Å². The van der Waals surface area contributed by atoms with Crippen molar-refractivity contribution in [3.63, 3.8) is 0 Å². The van der Waals surface area contributed by atoms with Gasteiger partial charge in [-0.05, 0) is 29.7 Å². The van der Waals surface area contributed by atoms with Crippen molar-refractivity contribution in [1.29, 1.82) is 0 Å². The zero-order chi connectivity index (χ0) is 19.8. The Labute approximate surface area is 170 Å². The van der Waals surface area contributed by atoms with Gasteiger partial charge >= 0.3 is 0 Å². The highest BCUT2D eigenvalue weighted by Gasteiger charge is 2.26. The second-order valence-corrected chi connectivity index (χ2v) is 9.34. The smallest absolute Gasteiger partial charge is 0.243 e. The fraction of sp³-hybridized carbons (Fsp3) is 0.350. The van der Waals surface area contributed by atoms with Crippen LogP contribution in [0.25, 0.3) is 0 Å². The summed E-state index contributed by atoms with van der Waals surface area (Å²) in [7, 11) is -3.49. The van der Waals surface area contributed by atoms with Crippen molar-refractivity contribution in [2.45, 2.75) is 17.1 Å². The Morgan fingerprint density at radius 1 is 1.07 bits per heavy atom. The van der Waals surface area contributed by atoms with Crippen LogP contribution in [0.15, 0.2) is 64.5 Å². The summed E-state index contributed by atoms with van der Waals surface area (Å²) in [6.07, 6.45) is 0.843.